The Morgan fingerprint density at radius 2 is 1.84 bits per heavy atom. The molecule has 0 radical (unpaired) electrons. The number of hydrogen-bond acceptors (Lipinski definition) is 5. The largest absolute Gasteiger partial charge is 0.372 e. The van der Waals surface area contributed by atoms with Crippen molar-refractivity contribution in [3.8, 4) is 0 Å². The molecular weight excluding hydrogens is 406 g/mol. The average molecular weight is 430 g/mol. The first-order chi connectivity index (χ1) is 15.1. The molecule has 0 saturated heterocycles. The summed E-state index contributed by atoms with van der Waals surface area (Å²) in [6, 6.07) is 23.4. The molecule has 0 aliphatic carbocycles. The number of nitro groups is 1. The Balaban J connectivity index is 1.65. The summed E-state index contributed by atoms with van der Waals surface area (Å²) in [7, 11) is 2.07. The molecule has 0 amide bonds. The molecule has 0 fully saturated rings. The number of aliphatic imine (C=N–C) groups is 1. The zero-order valence-corrected chi connectivity index (χ0v) is 18.1. The van der Waals surface area contributed by atoms with Crippen molar-refractivity contribution < 1.29 is 4.92 Å². The van der Waals surface area contributed by atoms with Gasteiger partial charge in [-0.2, -0.15) is 0 Å². The van der Waals surface area contributed by atoms with Gasteiger partial charge in [-0.3, -0.25) is 15.1 Å². The first-order valence-corrected chi connectivity index (χ1v) is 11.1. The monoisotopic (exact) mass is 429 g/mol. The molecule has 6 heteroatoms. The van der Waals surface area contributed by atoms with Gasteiger partial charge in [0.25, 0.3) is 5.69 Å². The number of para-hydroxylation sites is 1. The summed E-state index contributed by atoms with van der Waals surface area (Å²) in [4.78, 5) is 19.0. The van der Waals surface area contributed by atoms with Crippen molar-refractivity contribution in [2.75, 3.05) is 25.0 Å². The number of benzene rings is 3. The van der Waals surface area contributed by atoms with Gasteiger partial charge in [-0.15, -0.1) is 11.8 Å². The number of hydrogen-bond donors (Lipinski definition) is 0. The van der Waals surface area contributed by atoms with Crippen molar-refractivity contribution in [3.05, 3.63) is 106 Å². The van der Waals surface area contributed by atoms with E-state index in [9.17, 15) is 10.1 Å². The van der Waals surface area contributed by atoms with Crippen LogP contribution < -0.4 is 4.90 Å². The molecular formula is C25H23N3O2S. The number of benzodiazepines with no additional fused rings is 1. The van der Waals surface area contributed by atoms with E-state index in [1.165, 1.54) is 5.56 Å². The Morgan fingerprint density at radius 3 is 2.65 bits per heavy atom. The second-order valence-corrected chi connectivity index (χ2v) is 8.31. The lowest BCUT2D eigenvalue weighted by Gasteiger charge is -2.18. The van der Waals surface area contributed by atoms with Crippen LogP contribution in [-0.4, -0.2) is 30.8 Å². The minimum absolute atomic E-state index is 0.0895. The molecule has 1 heterocycles. The van der Waals surface area contributed by atoms with Crippen LogP contribution >= 0.6 is 11.8 Å². The molecule has 3 aromatic carbocycles. The van der Waals surface area contributed by atoms with Gasteiger partial charge < -0.3 is 4.90 Å². The van der Waals surface area contributed by atoms with Crippen molar-refractivity contribution in [3.63, 3.8) is 0 Å². The summed E-state index contributed by atoms with van der Waals surface area (Å²) >= 11 is 1.68. The lowest BCUT2D eigenvalue weighted by molar-refractivity contribution is -0.384. The maximum absolute atomic E-state index is 11.3. The van der Waals surface area contributed by atoms with E-state index in [4.69, 9.17) is 4.99 Å². The number of fused-ring (bicyclic) bond motifs is 1. The van der Waals surface area contributed by atoms with Gasteiger partial charge in [0.05, 0.1) is 17.2 Å². The Morgan fingerprint density at radius 1 is 1.06 bits per heavy atom. The Labute approximate surface area is 186 Å². The zero-order valence-electron chi connectivity index (χ0n) is 17.3. The lowest BCUT2D eigenvalue weighted by Crippen LogP contribution is -2.20. The molecule has 0 saturated carbocycles. The summed E-state index contributed by atoms with van der Waals surface area (Å²) in [5.74, 6) is 0.800. The Bertz CT molecular complexity index is 1140. The van der Waals surface area contributed by atoms with Gasteiger partial charge >= 0.3 is 0 Å². The summed E-state index contributed by atoms with van der Waals surface area (Å²) in [5, 5.41) is 11.3. The predicted octanol–water partition coefficient (Wildman–Crippen LogP) is 5.84. The quantitative estimate of drug-likeness (QED) is 0.281. The molecule has 156 valence electrons. The smallest absolute Gasteiger partial charge is 0.270 e. The van der Waals surface area contributed by atoms with E-state index in [1.807, 2.05) is 48.6 Å². The molecule has 0 N–H and O–H groups in total. The maximum atomic E-state index is 11.3. The highest BCUT2D eigenvalue weighted by Crippen LogP contribution is 2.31. The topological polar surface area (TPSA) is 58.7 Å². The van der Waals surface area contributed by atoms with E-state index in [2.05, 4.69) is 36.2 Å². The number of nitrogens with zero attached hydrogens (tertiary/aromatic N) is 3. The summed E-state index contributed by atoms with van der Waals surface area (Å²) in [5.41, 5.74) is 5.24. The number of likely N-dealkylation sites (N-methyl/N-ethyl adjacent to an activating group) is 1. The summed E-state index contributed by atoms with van der Waals surface area (Å²) in [6.45, 7) is 1.55. The van der Waals surface area contributed by atoms with Crippen molar-refractivity contribution in [2.24, 2.45) is 4.99 Å². The van der Waals surface area contributed by atoms with Crippen LogP contribution in [0.25, 0.3) is 6.08 Å². The van der Waals surface area contributed by atoms with Gasteiger partial charge in [-0.25, -0.2) is 0 Å². The number of non-ortho nitro benzene ring substituents is 1. The van der Waals surface area contributed by atoms with Gasteiger partial charge in [0, 0.05) is 47.6 Å². The van der Waals surface area contributed by atoms with Crippen LogP contribution in [-0.2, 0) is 5.75 Å². The molecule has 4 rings (SSSR count). The third kappa shape index (κ3) is 5.03. The molecule has 0 unspecified atom stereocenters. The predicted molar refractivity (Wildman–Crippen MR) is 129 cm³/mol. The Hall–Kier alpha value is -3.38. The van der Waals surface area contributed by atoms with Gasteiger partial charge in [-0.05, 0) is 29.3 Å². The van der Waals surface area contributed by atoms with Crippen molar-refractivity contribution in [2.45, 2.75) is 10.6 Å². The lowest BCUT2D eigenvalue weighted by atomic mass is 10.1. The van der Waals surface area contributed by atoms with Crippen LogP contribution in [0.5, 0.6) is 0 Å². The second kappa shape index (κ2) is 9.62. The van der Waals surface area contributed by atoms with Crippen molar-refractivity contribution in [1.82, 2.24) is 0 Å². The fourth-order valence-electron chi connectivity index (χ4n) is 3.51. The van der Waals surface area contributed by atoms with E-state index in [1.54, 1.807) is 23.9 Å². The van der Waals surface area contributed by atoms with Crippen LogP contribution in [0.4, 0.5) is 11.4 Å². The van der Waals surface area contributed by atoms with Crippen LogP contribution in [0.1, 0.15) is 16.7 Å². The van der Waals surface area contributed by atoms with Gasteiger partial charge in [0.1, 0.15) is 0 Å². The van der Waals surface area contributed by atoms with E-state index in [-0.39, 0.29) is 10.6 Å². The third-order valence-corrected chi connectivity index (χ3v) is 6.33. The van der Waals surface area contributed by atoms with Crippen molar-refractivity contribution >= 4 is 34.9 Å². The second-order valence-electron chi connectivity index (χ2n) is 7.29. The van der Waals surface area contributed by atoms with Gasteiger partial charge in [0.15, 0.2) is 0 Å². The van der Waals surface area contributed by atoms with E-state index < -0.39 is 0 Å². The van der Waals surface area contributed by atoms with Crippen LogP contribution in [0, 0.1) is 10.1 Å². The maximum Gasteiger partial charge on any atom is 0.270 e. The fourth-order valence-corrected chi connectivity index (χ4v) is 4.48. The number of allylic oxidation sites excluding steroid dienone is 1. The molecule has 5 nitrogen and oxygen atoms in total. The molecule has 0 spiro atoms. The van der Waals surface area contributed by atoms with Gasteiger partial charge in [-0.1, -0.05) is 54.6 Å². The van der Waals surface area contributed by atoms with Crippen molar-refractivity contribution in [1.29, 1.82) is 0 Å². The molecule has 0 bridgehead atoms. The third-order valence-electron chi connectivity index (χ3n) is 5.17. The highest BCUT2D eigenvalue weighted by molar-refractivity contribution is 7.98. The Kier molecular flexibility index (Phi) is 6.48. The summed E-state index contributed by atoms with van der Waals surface area (Å²) in [6.07, 6.45) is 3.92. The normalized spacial score (nSPS) is 13.6. The number of thioether (sulfide) groups is 1. The molecule has 31 heavy (non-hydrogen) atoms. The highest BCUT2D eigenvalue weighted by atomic mass is 32.2. The van der Waals surface area contributed by atoms with Gasteiger partial charge in [0.2, 0.25) is 0 Å². The number of nitro benzene ring substituents is 1. The molecule has 1 aliphatic heterocycles. The average Bonchev–Trinajstić information content (AvgIpc) is 2.96. The first-order valence-electron chi connectivity index (χ1n) is 10.1. The SMILES string of the molecule is CN1CCN=C(/C=C/c2cc([N+](=O)[O-])ccc2SCc2ccccc2)c2ccccc21. The highest BCUT2D eigenvalue weighted by Gasteiger charge is 2.15. The summed E-state index contributed by atoms with van der Waals surface area (Å²) < 4.78 is 0. The first kappa shape index (κ1) is 20.9. The van der Waals surface area contributed by atoms with Crippen LogP contribution in [0.15, 0.2) is 88.8 Å². The molecule has 0 atom stereocenters. The van der Waals surface area contributed by atoms with E-state index in [0.717, 1.165) is 39.7 Å². The minimum Gasteiger partial charge on any atom is -0.372 e. The van der Waals surface area contributed by atoms with E-state index in [0.29, 0.717) is 6.54 Å². The molecule has 3 aromatic rings. The minimum atomic E-state index is -0.351. The molecule has 1 aliphatic rings. The number of rotatable bonds is 6. The van der Waals surface area contributed by atoms with Crippen LogP contribution in [0.3, 0.4) is 0 Å². The molecule has 0 aromatic heterocycles. The van der Waals surface area contributed by atoms with Crippen LogP contribution in [0.2, 0.25) is 0 Å². The number of anilines is 1. The van der Waals surface area contributed by atoms with E-state index >= 15 is 0 Å². The zero-order chi connectivity index (χ0) is 21.6. The fraction of sp³-hybridized carbons (Fsp3) is 0.160. The standard InChI is InChI=1S/C25H23N3O2S/c1-27-16-15-26-23(22-9-5-6-10-24(22)27)13-11-20-17-21(28(29)30)12-14-25(20)31-18-19-7-3-2-4-8-19/h2-14,17H,15-16,18H2,1H3/b13-11+.